The summed E-state index contributed by atoms with van der Waals surface area (Å²) < 4.78 is 0. The van der Waals surface area contributed by atoms with Gasteiger partial charge in [-0.3, -0.25) is 0 Å². The quantitative estimate of drug-likeness (QED) is 0.103. The van der Waals surface area contributed by atoms with Crippen molar-refractivity contribution in [3.63, 3.8) is 0 Å². The lowest BCUT2D eigenvalue weighted by Crippen LogP contribution is -2.24. The van der Waals surface area contributed by atoms with Crippen LogP contribution in [0.15, 0.2) is 133 Å². The molecule has 0 spiro atoms. The maximum absolute atomic E-state index is 12.8. The van der Waals surface area contributed by atoms with Gasteiger partial charge in [0.1, 0.15) is 34.5 Å². The summed E-state index contributed by atoms with van der Waals surface area (Å²) in [4.78, 5) is 0. The molecule has 0 unspecified atom stereocenters. The van der Waals surface area contributed by atoms with Crippen LogP contribution >= 0.6 is 0 Å². The summed E-state index contributed by atoms with van der Waals surface area (Å²) >= 11 is 0. The van der Waals surface area contributed by atoms with Crippen LogP contribution in [-0.2, 0) is 58.2 Å². The Balaban J connectivity index is 1.40. The summed E-state index contributed by atoms with van der Waals surface area (Å²) in [7, 11) is 0. The molecule has 1 aliphatic rings. The topological polar surface area (TPSA) is 121 Å². The molecule has 80 heavy (non-hydrogen) atoms. The second-order valence-electron chi connectivity index (χ2n) is 28.1. The molecule has 0 fully saturated rings. The molecule has 8 aromatic rings. The van der Waals surface area contributed by atoms with Gasteiger partial charge in [0.25, 0.3) is 0 Å². The highest BCUT2D eigenvalue weighted by Crippen LogP contribution is 2.49. The largest absolute Gasteiger partial charge is 0.507 e. The number of phenols is 6. The highest BCUT2D eigenvalue weighted by molar-refractivity contribution is 5.71. The van der Waals surface area contributed by atoms with E-state index in [-0.39, 0.29) is 60.2 Å². The van der Waals surface area contributed by atoms with E-state index in [2.05, 4.69) is 184 Å². The van der Waals surface area contributed by atoms with Crippen molar-refractivity contribution in [1.82, 2.24) is 0 Å². The molecular weight excluding hydrogens is 985 g/mol. The highest BCUT2D eigenvalue weighted by atomic mass is 16.3. The van der Waals surface area contributed by atoms with E-state index in [0.717, 1.165) is 66.8 Å². The fourth-order valence-corrected chi connectivity index (χ4v) is 11.9. The van der Waals surface area contributed by atoms with E-state index in [1.54, 1.807) is 0 Å². The first-order valence-corrected chi connectivity index (χ1v) is 28.4. The fraction of sp³-hybridized carbons (Fsp3) is 0.351. The van der Waals surface area contributed by atoms with Gasteiger partial charge in [-0.05, 0) is 157 Å². The molecule has 6 nitrogen and oxygen atoms in total. The first-order chi connectivity index (χ1) is 37.1. The number of benzene rings is 8. The summed E-state index contributed by atoms with van der Waals surface area (Å²) in [6, 6.07) is 45.1. The van der Waals surface area contributed by atoms with E-state index in [9.17, 15) is 30.6 Å². The van der Waals surface area contributed by atoms with Gasteiger partial charge in [-0.25, -0.2) is 0 Å². The van der Waals surface area contributed by atoms with Crippen molar-refractivity contribution in [1.29, 1.82) is 0 Å². The minimum absolute atomic E-state index is 0.0970. The maximum atomic E-state index is 12.8. The number of fused-ring (bicyclic) bond motifs is 12. The molecule has 0 amide bonds. The van der Waals surface area contributed by atoms with E-state index in [1.807, 2.05) is 60.7 Å². The van der Waals surface area contributed by atoms with Crippen molar-refractivity contribution >= 4 is 0 Å². The van der Waals surface area contributed by atoms with Gasteiger partial charge < -0.3 is 30.6 Å². The zero-order valence-electron chi connectivity index (χ0n) is 50.2. The normalized spacial score (nSPS) is 14.8. The van der Waals surface area contributed by atoms with Crippen molar-refractivity contribution < 1.29 is 30.6 Å². The summed E-state index contributed by atoms with van der Waals surface area (Å²) in [5.41, 5.74) is 12.5. The van der Waals surface area contributed by atoms with Gasteiger partial charge in [0.2, 0.25) is 0 Å². The summed E-state index contributed by atoms with van der Waals surface area (Å²) in [5, 5.41) is 75.6. The van der Waals surface area contributed by atoms with Crippen LogP contribution in [0.4, 0.5) is 0 Å². The van der Waals surface area contributed by atoms with Crippen molar-refractivity contribution in [3.05, 3.63) is 222 Å². The Kier molecular flexibility index (Phi) is 14.5. The predicted octanol–water partition coefficient (Wildman–Crippen LogP) is 17.8. The van der Waals surface area contributed by atoms with E-state index >= 15 is 0 Å². The molecule has 0 aliphatic heterocycles. The number of hydrogen-bond donors (Lipinski definition) is 6. The van der Waals surface area contributed by atoms with Crippen molar-refractivity contribution in [2.45, 2.75) is 169 Å². The smallest absolute Gasteiger partial charge is 0.122 e. The summed E-state index contributed by atoms with van der Waals surface area (Å²) in [6.07, 6.45) is 0.823. The average Bonchev–Trinajstić information content (AvgIpc) is 3.37. The van der Waals surface area contributed by atoms with Crippen LogP contribution in [0.1, 0.15) is 200 Å². The minimum atomic E-state index is -0.703. The van der Waals surface area contributed by atoms with Crippen molar-refractivity contribution in [3.8, 4) is 56.8 Å². The summed E-state index contributed by atoms with van der Waals surface area (Å²) in [6.45, 7) is 33.9. The van der Waals surface area contributed by atoms with E-state index < -0.39 is 32.5 Å². The van der Waals surface area contributed by atoms with Gasteiger partial charge in [-0.1, -0.05) is 220 Å². The monoisotopic (exact) mass is 1070 g/mol. The Morgan fingerprint density at radius 1 is 0.263 bits per heavy atom. The van der Waals surface area contributed by atoms with Gasteiger partial charge in [-0.2, -0.15) is 0 Å². The van der Waals surface area contributed by atoms with Crippen LogP contribution < -0.4 is 0 Å². The molecule has 0 saturated carbocycles. The molecule has 416 valence electrons. The lowest BCUT2D eigenvalue weighted by molar-refractivity contribution is 0.437. The zero-order valence-corrected chi connectivity index (χ0v) is 50.2. The van der Waals surface area contributed by atoms with Crippen molar-refractivity contribution in [2.75, 3.05) is 0 Å². The number of hydrogen-bond acceptors (Lipinski definition) is 6. The molecule has 9 rings (SSSR count). The second-order valence-corrected chi connectivity index (χ2v) is 28.1. The van der Waals surface area contributed by atoms with Gasteiger partial charge in [0, 0.05) is 36.5 Å². The Morgan fingerprint density at radius 3 is 0.662 bits per heavy atom. The van der Waals surface area contributed by atoms with E-state index in [1.165, 1.54) is 0 Å². The lowest BCUT2D eigenvalue weighted by atomic mass is 9.71. The molecular formula is C74H84O6. The van der Waals surface area contributed by atoms with Gasteiger partial charge >= 0.3 is 0 Å². The fourth-order valence-electron chi connectivity index (χ4n) is 11.9. The van der Waals surface area contributed by atoms with Crippen LogP contribution in [0.3, 0.4) is 0 Å². The van der Waals surface area contributed by atoms with Crippen LogP contribution in [0.2, 0.25) is 0 Å². The molecule has 1 aliphatic carbocycles. The Bertz CT molecular complexity index is 3240. The predicted molar refractivity (Wildman–Crippen MR) is 330 cm³/mol. The lowest BCUT2D eigenvalue weighted by Gasteiger charge is -2.33. The van der Waals surface area contributed by atoms with Crippen molar-refractivity contribution in [2.24, 2.45) is 0 Å². The molecule has 6 heteroatoms. The minimum Gasteiger partial charge on any atom is -0.507 e. The molecule has 0 saturated heterocycles. The Labute approximate surface area is 476 Å². The Morgan fingerprint density at radius 2 is 0.463 bits per heavy atom. The molecule has 12 bridgehead atoms. The Hall–Kier alpha value is -7.44. The molecule has 0 atom stereocenters. The molecule has 8 aromatic carbocycles. The van der Waals surface area contributed by atoms with Gasteiger partial charge in [-0.15, -0.1) is 0 Å². The average molecular weight is 1070 g/mol. The van der Waals surface area contributed by atoms with Gasteiger partial charge in [0.05, 0.1) is 0 Å². The van der Waals surface area contributed by atoms with Crippen LogP contribution in [0.25, 0.3) is 22.3 Å². The molecule has 6 N–H and O–H groups in total. The van der Waals surface area contributed by atoms with Crippen LogP contribution in [0.5, 0.6) is 34.5 Å². The standard InChI is InChI=1S/C74H84O6/c1-69(2,3)59-39-55-35-51(65(59)77)31-47-27-45(43-23-19-17-20-24-43)28-48(63(47)75)32-53-37-57(41-61(67(53)79)71(7,8)9)74(15,16)58-38-54(68(80)62(42-58)72(10,11)12)34-50-30-46(44-25-21-18-22-26-44)29-49(64(50)76)33-52-36-56(73(55,13)14)40-60(66(52)78)70(4,5)6/h17-30,35-42,75-80H,31-34H2,1-16H3. The zero-order chi connectivity index (χ0) is 58.4. The first-order valence-electron chi connectivity index (χ1n) is 28.4. The van der Waals surface area contributed by atoms with Gasteiger partial charge in [0.15, 0.2) is 0 Å². The number of aromatic hydroxyl groups is 6. The number of phenolic OH excluding ortho intramolecular Hbond substituents is 6. The SMILES string of the molecule is CC(C)(C)c1cc2cc(c1O)Cc1cc(-c3ccccc3)cc(c1O)Cc1cc(cc(C(C)(C)C)c1O)C(C)(C)c1cc(c(O)c(C(C)(C)C)c1)Cc1cc(-c3ccccc3)cc(c1O)Cc1cc(cc(C(C)(C)C)c1O)C2(C)C. The number of rotatable bonds is 2. The molecule has 0 aromatic heterocycles. The van der Waals surface area contributed by atoms with Crippen LogP contribution in [-0.4, -0.2) is 30.6 Å². The maximum Gasteiger partial charge on any atom is 0.122 e. The third-order valence-electron chi connectivity index (χ3n) is 17.1. The molecule has 0 radical (unpaired) electrons. The van der Waals surface area contributed by atoms with E-state index in [0.29, 0.717) is 44.5 Å². The molecule has 0 heterocycles. The third kappa shape index (κ3) is 11.0. The first kappa shape index (κ1) is 57.3. The highest BCUT2D eigenvalue weighted by Gasteiger charge is 2.35. The summed E-state index contributed by atoms with van der Waals surface area (Å²) in [5.74, 6) is 0.880. The van der Waals surface area contributed by atoms with E-state index in [4.69, 9.17) is 0 Å². The van der Waals surface area contributed by atoms with Crippen LogP contribution in [0, 0.1) is 0 Å². The second kappa shape index (κ2) is 20.3. The third-order valence-corrected chi connectivity index (χ3v) is 17.1.